The smallest absolute Gasteiger partial charge is 0.271 e. The average Bonchev–Trinajstić information content (AvgIpc) is 3.14. The first-order valence-corrected chi connectivity index (χ1v) is 10.5. The summed E-state index contributed by atoms with van der Waals surface area (Å²) in [6.45, 7) is 2.90. The molecule has 8 heteroatoms. The minimum absolute atomic E-state index is 0.0313. The zero-order valence-corrected chi connectivity index (χ0v) is 16.9. The van der Waals surface area contributed by atoms with Gasteiger partial charge in [0.1, 0.15) is 5.01 Å². The Kier molecular flexibility index (Phi) is 5.55. The van der Waals surface area contributed by atoms with Crippen molar-refractivity contribution in [2.75, 3.05) is 18.4 Å². The first kappa shape index (κ1) is 19.5. The molecule has 1 saturated heterocycles. The monoisotopic (exact) mass is 410 g/mol. The van der Waals surface area contributed by atoms with E-state index in [1.807, 2.05) is 25.1 Å². The number of thiazole rings is 1. The van der Waals surface area contributed by atoms with Crippen LogP contribution in [0.25, 0.3) is 10.2 Å². The third-order valence-corrected chi connectivity index (χ3v) is 6.40. The Labute approximate surface area is 172 Å². The molecule has 0 aliphatic carbocycles. The molecule has 4 rings (SSSR count). The molecule has 1 aromatic heterocycles. The third-order valence-electron chi connectivity index (χ3n) is 5.26. The number of rotatable bonds is 5. The number of non-ortho nitro benzene ring substituents is 1. The fourth-order valence-electron chi connectivity index (χ4n) is 3.72. The van der Waals surface area contributed by atoms with Gasteiger partial charge in [-0.3, -0.25) is 19.8 Å². The molecule has 1 fully saturated rings. The van der Waals surface area contributed by atoms with Gasteiger partial charge in [0.2, 0.25) is 5.91 Å². The molecule has 29 heavy (non-hydrogen) atoms. The van der Waals surface area contributed by atoms with Gasteiger partial charge < -0.3 is 5.32 Å². The second-order valence-corrected chi connectivity index (χ2v) is 8.37. The van der Waals surface area contributed by atoms with Crippen LogP contribution in [-0.4, -0.2) is 33.8 Å². The second-order valence-electron chi connectivity index (χ2n) is 7.31. The number of benzene rings is 2. The number of amides is 1. The Balaban J connectivity index is 1.50. The molecule has 7 nitrogen and oxygen atoms in total. The maximum absolute atomic E-state index is 12.7. The maximum atomic E-state index is 12.7. The Hall–Kier alpha value is -2.84. The molecule has 0 spiro atoms. The van der Waals surface area contributed by atoms with Crippen molar-refractivity contribution < 1.29 is 9.72 Å². The minimum atomic E-state index is -0.455. The van der Waals surface area contributed by atoms with E-state index >= 15 is 0 Å². The molecule has 0 radical (unpaired) electrons. The van der Waals surface area contributed by atoms with Crippen molar-refractivity contribution in [2.45, 2.75) is 32.2 Å². The van der Waals surface area contributed by atoms with Crippen LogP contribution >= 0.6 is 11.3 Å². The number of aryl methyl sites for hydroxylation is 1. The van der Waals surface area contributed by atoms with Gasteiger partial charge in [0.05, 0.1) is 33.4 Å². The van der Waals surface area contributed by atoms with Crippen LogP contribution in [0.4, 0.5) is 11.4 Å². The highest BCUT2D eigenvalue weighted by Gasteiger charge is 2.28. The predicted octanol–water partition coefficient (Wildman–Crippen LogP) is 4.68. The van der Waals surface area contributed by atoms with Crippen molar-refractivity contribution >= 4 is 38.8 Å². The zero-order valence-electron chi connectivity index (χ0n) is 16.1. The lowest BCUT2D eigenvalue weighted by Crippen LogP contribution is -2.39. The lowest BCUT2D eigenvalue weighted by Gasteiger charge is -2.33. The fourth-order valence-corrected chi connectivity index (χ4v) is 4.86. The first-order chi connectivity index (χ1) is 14.0. The van der Waals surface area contributed by atoms with E-state index in [1.54, 1.807) is 17.4 Å². The highest BCUT2D eigenvalue weighted by atomic mass is 32.1. The Morgan fingerprint density at radius 2 is 2.14 bits per heavy atom. The fraction of sp³-hybridized carbons (Fsp3) is 0.333. The number of carbonyl (C=O) groups excluding carboxylic acids is 1. The number of nitrogens with zero attached hydrogens (tertiary/aromatic N) is 3. The van der Waals surface area contributed by atoms with E-state index in [0.29, 0.717) is 5.69 Å². The highest BCUT2D eigenvalue weighted by molar-refractivity contribution is 7.18. The second kappa shape index (κ2) is 8.26. The number of hydrogen-bond donors (Lipinski definition) is 1. The van der Waals surface area contributed by atoms with Crippen molar-refractivity contribution in [1.82, 2.24) is 9.88 Å². The van der Waals surface area contributed by atoms with Gasteiger partial charge in [0, 0.05) is 12.1 Å². The van der Waals surface area contributed by atoms with Crippen LogP contribution in [0.3, 0.4) is 0 Å². The molecule has 1 atom stereocenters. The van der Waals surface area contributed by atoms with Gasteiger partial charge in [-0.2, -0.15) is 0 Å². The summed E-state index contributed by atoms with van der Waals surface area (Å²) < 4.78 is 1.16. The number of hydrogen-bond acceptors (Lipinski definition) is 6. The summed E-state index contributed by atoms with van der Waals surface area (Å²) in [6.07, 6.45) is 3.14. The molecule has 3 aromatic rings. The van der Waals surface area contributed by atoms with E-state index < -0.39 is 4.92 Å². The van der Waals surface area contributed by atoms with E-state index in [2.05, 4.69) is 16.3 Å². The van der Waals surface area contributed by atoms with Gasteiger partial charge in [-0.1, -0.05) is 24.6 Å². The lowest BCUT2D eigenvalue weighted by molar-refractivity contribution is -0.384. The normalized spacial score (nSPS) is 17.3. The summed E-state index contributed by atoms with van der Waals surface area (Å²) >= 11 is 1.69. The summed E-state index contributed by atoms with van der Waals surface area (Å²) in [5, 5.41) is 14.9. The van der Waals surface area contributed by atoms with Crippen molar-refractivity contribution in [3.05, 3.63) is 63.1 Å². The Bertz CT molecular complexity index is 1030. The number of fused-ring (bicyclic) bond motifs is 1. The van der Waals surface area contributed by atoms with Crippen molar-refractivity contribution in [3.63, 3.8) is 0 Å². The number of nitro benzene ring substituents is 1. The van der Waals surface area contributed by atoms with E-state index in [0.717, 1.165) is 46.6 Å². The topological polar surface area (TPSA) is 88.4 Å². The number of para-hydroxylation sites is 1. The number of aromatic nitrogens is 1. The average molecular weight is 410 g/mol. The summed E-state index contributed by atoms with van der Waals surface area (Å²) in [6, 6.07) is 12.7. The number of carbonyl (C=O) groups is 1. The van der Waals surface area contributed by atoms with E-state index in [4.69, 9.17) is 4.98 Å². The molecule has 1 aliphatic rings. The largest absolute Gasteiger partial charge is 0.324 e. The molecule has 2 heterocycles. The van der Waals surface area contributed by atoms with Gasteiger partial charge in [0.25, 0.3) is 5.69 Å². The molecule has 1 aliphatic heterocycles. The molecule has 0 saturated carbocycles. The van der Waals surface area contributed by atoms with Gasteiger partial charge in [0.15, 0.2) is 0 Å². The Morgan fingerprint density at radius 3 is 2.93 bits per heavy atom. The highest BCUT2D eigenvalue weighted by Crippen LogP contribution is 2.35. The van der Waals surface area contributed by atoms with Gasteiger partial charge in [-0.15, -0.1) is 11.3 Å². The van der Waals surface area contributed by atoms with Crippen LogP contribution in [0, 0.1) is 17.0 Å². The summed E-state index contributed by atoms with van der Waals surface area (Å²) in [4.78, 5) is 30.3. The molecule has 2 aromatic carbocycles. The summed E-state index contributed by atoms with van der Waals surface area (Å²) in [7, 11) is 0. The van der Waals surface area contributed by atoms with Crippen molar-refractivity contribution in [2.24, 2.45) is 0 Å². The lowest BCUT2D eigenvalue weighted by atomic mass is 10.0. The van der Waals surface area contributed by atoms with Gasteiger partial charge >= 0.3 is 0 Å². The zero-order chi connectivity index (χ0) is 20.4. The van der Waals surface area contributed by atoms with Crippen LogP contribution in [0.2, 0.25) is 0 Å². The predicted molar refractivity (Wildman–Crippen MR) is 114 cm³/mol. The van der Waals surface area contributed by atoms with Gasteiger partial charge in [-0.25, -0.2) is 4.98 Å². The number of likely N-dealkylation sites (tertiary alicyclic amines) is 1. The van der Waals surface area contributed by atoms with Crippen LogP contribution in [0.15, 0.2) is 42.5 Å². The SMILES string of the molecule is Cc1ccc([N+](=O)[O-])cc1NC(=O)CN1CCCC[C@@H]1c1nc2ccccc2s1. The van der Waals surface area contributed by atoms with Crippen molar-refractivity contribution in [1.29, 1.82) is 0 Å². The van der Waals surface area contributed by atoms with E-state index in [-0.39, 0.29) is 24.2 Å². The van der Waals surface area contributed by atoms with Gasteiger partial charge in [-0.05, 0) is 44.0 Å². The van der Waals surface area contributed by atoms with Crippen molar-refractivity contribution in [3.8, 4) is 0 Å². The molecular weight excluding hydrogens is 388 g/mol. The number of piperidine rings is 1. The number of nitro groups is 1. The number of nitrogens with one attached hydrogen (secondary N) is 1. The standard InChI is InChI=1S/C21H22N4O3S/c1-14-9-10-15(25(27)28)12-17(14)22-20(26)13-24-11-5-4-7-18(24)21-23-16-6-2-3-8-19(16)29-21/h2-3,6,8-10,12,18H,4-5,7,11,13H2,1H3,(H,22,26)/t18-/m1/s1. The Morgan fingerprint density at radius 1 is 1.31 bits per heavy atom. The number of anilines is 1. The molecular formula is C21H22N4O3S. The third kappa shape index (κ3) is 4.28. The quantitative estimate of drug-likeness (QED) is 0.487. The molecule has 150 valence electrons. The van der Waals surface area contributed by atoms with E-state index in [9.17, 15) is 14.9 Å². The summed E-state index contributed by atoms with van der Waals surface area (Å²) in [5.74, 6) is -0.165. The van der Waals surface area contributed by atoms with Crippen LogP contribution in [-0.2, 0) is 4.79 Å². The molecule has 1 N–H and O–H groups in total. The molecule has 0 bridgehead atoms. The van der Waals surface area contributed by atoms with Crippen LogP contribution in [0.1, 0.15) is 35.9 Å². The minimum Gasteiger partial charge on any atom is -0.324 e. The van der Waals surface area contributed by atoms with Crippen LogP contribution < -0.4 is 5.32 Å². The summed E-state index contributed by atoms with van der Waals surface area (Å²) in [5.41, 5.74) is 2.24. The first-order valence-electron chi connectivity index (χ1n) is 9.65. The molecule has 1 amide bonds. The van der Waals surface area contributed by atoms with E-state index in [1.165, 1.54) is 12.1 Å². The van der Waals surface area contributed by atoms with Crippen LogP contribution in [0.5, 0.6) is 0 Å². The maximum Gasteiger partial charge on any atom is 0.271 e. The molecule has 0 unspecified atom stereocenters.